The molecule has 1 saturated carbocycles. The highest BCUT2D eigenvalue weighted by molar-refractivity contribution is 5.64. The lowest BCUT2D eigenvalue weighted by Gasteiger charge is -2.50. The molecule has 0 radical (unpaired) electrons. The molecule has 4 heterocycles. The second-order valence-corrected chi connectivity index (χ2v) is 14.4. The highest BCUT2D eigenvalue weighted by atomic mass is 19.1. The van der Waals surface area contributed by atoms with E-state index in [1.54, 1.807) is 6.20 Å². The lowest BCUT2D eigenvalue weighted by Crippen LogP contribution is -2.51. The summed E-state index contributed by atoms with van der Waals surface area (Å²) in [7, 11) is 4.07. The van der Waals surface area contributed by atoms with Gasteiger partial charge in [0.25, 0.3) is 0 Å². The maximum atomic E-state index is 15.4. The summed E-state index contributed by atoms with van der Waals surface area (Å²) in [6.07, 6.45) is 10.5. The number of likely N-dealkylation sites (N-methyl/N-ethyl adjacent to an activating group) is 1. The molecule has 7 rings (SSSR count). The highest BCUT2D eigenvalue weighted by Crippen LogP contribution is 2.50. The molecule has 1 saturated heterocycles. The summed E-state index contributed by atoms with van der Waals surface area (Å²) in [5, 5.41) is 10.2. The zero-order chi connectivity index (χ0) is 32.9. The first-order valence-electron chi connectivity index (χ1n) is 17.1. The van der Waals surface area contributed by atoms with Gasteiger partial charge in [-0.3, -0.25) is 4.90 Å². The summed E-state index contributed by atoms with van der Waals surface area (Å²) in [4.78, 5) is 21.5. The van der Waals surface area contributed by atoms with Crippen LogP contribution in [0.4, 0.5) is 21.7 Å². The van der Waals surface area contributed by atoms with Crippen molar-refractivity contribution in [1.82, 2.24) is 24.8 Å². The van der Waals surface area contributed by atoms with Crippen LogP contribution in [0.15, 0.2) is 24.4 Å². The third kappa shape index (κ3) is 5.65. The van der Waals surface area contributed by atoms with E-state index in [1.165, 1.54) is 25.3 Å². The Balaban J connectivity index is 1.28. The number of anilines is 3. The van der Waals surface area contributed by atoms with Gasteiger partial charge >= 0.3 is 6.01 Å². The van der Waals surface area contributed by atoms with E-state index in [0.29, 0.717) is 54.5 Å². The molecule has 0 amide bonds. The molecule has 0 unspecified atom stereocenters. The van der Waals surface area contributed by atoms with Gasteiger partial charge in [-0.15, -0.1) is 0 Å². The van der Waals surface area contributed by atoms with Gasteiger partial charge in [-0.25, -0.2) is 9.37 Å². The Morgan fingerprint density at radius 1 is 1.13 bits per heavy atom. The molecule has 4 aliphatic rings. The first-order valence-corrected chi connectivity index (χ1v) is 17.1. The number of rotatable bonds is 8. The quantitative estimate of drug-likeness (QED) is 0.321. The molecule has 2 aromatic heterocycles. The molecular formula is C36H46FN9O. The van der Waals surface area contributed by atoms with Crippen LogP contribution in [0.3, 0.4) is 0 Å². The normalized spacial score (nSPS) is 22.6. The van der Waals surface area contributed by atoms with Crippen LogP contribution in [-0.2, 0) is 24.9 Å². The van der Waals surface area contributed by atoms with Gasteiger partial charge in [0, 0.05) is 49.3 Å². The number of nitrogens with two attached hydrogens (primary N) is 2. The molecule has 2 aliphatic heterocycles. The fraction of sp³-hybridized carbons (Fsp3) is 0.556. The summed E-state index contributed by atoms with van der Waals surface area (Å²) in [5.41, 5.74) is 16.7. The Morgan fingerprint density at radius 3 is 2.64 bits per heavy atom. The number of likely N-dealkylation sites (tertiary alicyclic amines) is 1. The number of pyridine rings is 1. The third-order valence-electron chi connectivity index (χ3n) is 11.4. The van der Waals surface area contributed by atoms with Gasteiger partial charge in [-0.1, -0.05) is 12.5 Å². The van der Waals surface area contributed by atoms with Gasteiger partial charge in [-0.2, -0.15) is 15.2 Å². The van der Waals surface area contributed by atoms with Crippen LogP contribution < -0.4 is 21.1 Å². The molecule has 11 heteroatoms. The molecular weight excluding hydrogens is 593 g/mol. The lowest BCUT2D eigenvalue weighted by atomic mass is 9.68. The number of nitrogen functional groups attached to an aromatic ring is 2. The predicted molar refractivity (Wildman–Crippen MR) is 180 cm³/mol. The molecule has 10 nitrogen and oxygen atoms in total. The predicted octanol–water partition coefficient (Wildman–Crippen LogP) is 5.11. The first kappa shape index (κ1) is 31.6. The number of hydrogen-bond acceptors (Lipinski definition) is 10. The molecule has 4 N–H and O–H groups in total. The minimum absolute atomic E-state index is 0.125. The van der Waals surface area contributed by atoms with Crippen molar-refractivity contribution >= 4 is 17.3 Å². The maximum absolute atomic E-state index is 15.4. The third-order valence-corrected chi connectivity index (χ3v) is 11.4. The van der Waals surface area contributed by atoms with Crippen molar-refractivity contribution < 1.29 is 9.13 Å². The van der Waals surface area contributed by atoms with Gasteiger partial charge < -0.3 is 26.0 Å². The summed E-state index contributed by atoms with van der Waals surface area (Å²) in [6.45, 7) is 6.56. The van der Waals surface area contributed by atoms with E-state index in [9.17, 15) is 5.26 Å². The largest absolute Gasteiger partial charge is 0.463 e. The fourth-order valence-corrected chi connectivity index (χ4v) is 8.30. The van der Waals surface area contributed by atoms with Gasteiger partial charge in [0.2, 0.25) is 0 Å². The molecule has 2 atom stereocenters. The number of benzene rings is 1. The smallest absolute Gasteiger partial charge is 0.318 e. The van der Waals surface area contributed by atoms with Crippen molar-refractivity contribution in [3.8, 4) is 12.1 Å². The van der Waals surface area contributed by atoms with E-state index in [1.807, 2.05) is 19.2 Å². The Kier molecular flexibility index (Phi) is 8.21. The van der Waals surface area contributed by atoms with Crippen LogP contribution in [0.1, 0.15) is 91.4 Å². The monoisotopic (exact) mass is 639 g/mol. The van der Waals surface area contributed by atoms with E-state index in [-0.39, 0.29) is 23.0 Å². The van der Waals surface area contributed by atoms with E-state index >= 15 is 4.39 Å². The molecule has 0 bridgehead atoms. The SMILES string of the molecule is C[C@H](c1cccnc1N)N(C)c1nc(OCC2(CN3CCCCC3)CC2)nc2c1CN(C)[C@@]1(CCCc3c(F)cc(N)c(C#N)c31)C2. The number of halogens is 1. The zero-order valence-corrected chi connectivity index (χ0v) is 27.9. The Labute approximate surface area is 276 Å². The fourth-order valence-electron chi connectivity index (χ4n) is 8.30. The second kappa shape index (κ2) is 12.2. The highest BCUT2D eigenvalue weighted by Gasteiger charge is 2.48. The average molecular weight is 640 g/mol. The van der Waals surface area contributed by atoms with Crippen molar-refractivity contribution in [2.24, 2.45) is 5.41 Å². The summed E-state index contributed by atoms with van der Waals surface area (Å²) in [5.74, 6) is 0.921. The number of piperidine rings is 1. The molecule has 2 fully saturated rings. The van der Waals surface area contributed by atoms with Gasteiger partial charge in [0.15, 0.2) is 0 Å². The standard InChI is InChI=1S/C36H46FN9O/c1-23(24-10-8-14-41-32(24)40)45(3)33-27-20-44(2)36(11-7-9-25-28(37)17-29(39)26(19-38)31(25)36)18-30(27)42-34(43-33)47-22-35(12-13-35)21-46-15-5-4-6-16-46/h8,10,14,17,23H,4-7,9,11-13,15-16,18,20-22,39H2,1-3H3,(H2,40,41)/t23-,36+/m1/s1. The van der Waals surface area contributed by atoms with Crippen molar-refractivity contribution in [2.75, 3.05) is 56.7 Å². The van der Waals surface area contributed by atoms with Crippen molar-refractivity contribution in [3.05, 3.63) is 63.7 Å². The summed E-state index contributed by atoms with van der Waals surface area (Å²) >= 11 is 0. The van der Waals surface area contributed by atoms with Crippen LogP contribution in [0.5, 0.6) is 6.01 Å². The molecule has 1 aromatic carbocycles. The Morgan fingerprint density at radius 2 is 1.91 bits per heavy atom. The molecule has 47 heavy (non-hydrogen) atoms. The number of aromatic nitrogens is 3. The minimum Gasteiger partial charge on any atom is -0.463 e. The maximum Gasteiger partial charge on any atom is 0.318 e. The van der Waals surface area contributed by atoms with Crippen molar-refractivity contribution in [1.29, 1.82) is 5.26 Å². The molecule has 1 spiro atoms. The topological polar surface area (TPSA) is 133 Å². The zero-order valence-electron chi connectivity index (χ0n) is 27.9. The number of hydrogen-bond donors (Lipinski definition) is 2. The van der Waals surface area contributed by atoms with E-state index in [2.05, 4.69) is 39.7 Å². The minimum atomic E-state index is -0.630. The summed E-state index contributed by atoms with van der Waals surface area (Å²) < 4.78 is 22.0. The van der Waals surface area contributed by atoms with Crippen LogP contribution >= 0.6 is 0 Å². The number of fused-ring (bicyclic) bond motifs is 3. The van der Waals surface area contributed by atoms with E-state index < -0.39 is 5.54 Å². The van der Waals surface area contributed by atoms with Crippen LogP contribution in [0, 0.1) is 22.6 Å². The number of nitrogens with zero attached hydrogens (tertiary/aromatic N) is 7. The molecule has 3 aromatic rings. The molecule has 2 aliphatic carbocycles. The average Bonchev–Trinajstić information content (AvgIpc) is 3.84. The van der Waals surface area contributed by atoms with Crippen molar-refractivity contribution in [3.63, 3.8) is 0 Å². The lowest BCUT2D eigenvalue weighted by molar-refractivity contribution is 0.0711. The second-order valence-electron chi connectivity index (χ2n) is 14.4. The number of nitriles is 1. The first-order chi connectivity index (χ1) is 22.6. The summed E-state index contributed by atoms with van der Waals surface area (Å²) in [6, 6.07) is 7.74. The molecule has 248 valence electrons. The van der Waals surface area contributed by atoms with Crippen LogP contribution in [0.2, 0.25) is 0 Å². The van der Waals surface area contributed by atoms with E-state index in [0.717, 1.165) is 68.0 Å². The number of ether oxygens (including phenoxy) is 1. The van der Waals surface area contributed by atoms with Crippen LogP contribution in [0.25, 0.3) is 0 Å². The van der Waals surface area contributed by atoms with Gasteiger partial charge in [0.1, 0.15) is 23.5 Å². The van der Waals surface area contributed by atoms with Gasteiger partial charge in [0.05, 0.1) is 35.1 Å². The van der Waals surface area contributed by atoms with Gasteiger partial charge in [-0.05, 0) is 95.3 Å². The Bertz CT molecular complexity index is 1710. The Hall–Kier alpha value is -4.01. The van der Waals surface area contributed by atoms with Crippen molar-refractivity contribution in [2.45, 2.75) is 82.8 Å². The van der Waals surface area contributed by atoms with Crippen LogP contribution in [-0.4, -0.2) is 65.1 Å². The van der Waals surface area contributed by atoms with E-state index in [4.69, 9.17) is 26.2 Å².